The normalized spacial score (nSPS) is 14.0. The summed E-state index contributed by atoms with van der Waals surface area (Å²) in [5.74, 6) is -0.727. The van der Waals surface area contributed by atoms with Gasteiger partial charge >= 0.3 is 6.18 Å². The summed E-state index contributed by atoms with van der Waals surface area (Å²) in [6.45, 7) is 3.48. The molecule has 0 saturated heterocycles. The van der Waals surface area contributed by atoms with Gasteiger partial charge in [0.1, 0.15) is 5.69 Å². The van der Waals surface area contributed by atoms with Gasteiger partial charge in [0.2, 0.25) is 5.60 Å². The average molecular weight is 444 g/mol. The number of hydrogen-bond donors (Lipinski definition) is 1. The Balaban J connectivity index is 1.83. The van der Waals surface area contributed by atoms with Crippen LogP contribution in [-0.4, -0.2) is 36.8 Å². The fraction of sp³-hybridized carbons (Fsp3) is 0.227. The molecule has 1 unspecified atom stereocenters. The van der Waals surface area contributed by atoms with Crippen molar-refractivity contribution in [3.63, 3.8) is 0 Å². The Bertz CT molecular complexity index is 1210. The van der Waals surface area contributed by atoms with Crippen molar-refractivity contribution in [2.24, 2.45) is 0 Å². The van der Waals surface area contributed by atoms with Crippen LogP contribution in [0.15, 0.2) is 65.8 Å². The molecular weight excluding hydrogens is 425 g/mol. The van der Waals surface area contributed by atoms with E-state index in [0.717, 1.165) is 11.8 Å². The third-order valence-corrected chi connectivity index (χ3v) is 5.82. The van der Waals surface area contributed by atoms with Crippen molar-refractivity contribution in [3.05, 3.63) is 77.7 Å². The van der Waals surface area contributed by atoms with Crippen LogP contribution >= 0.6 is 11.8 Å². The highest BCUT2D eigenvalue weighted by Gasteiger charge is 2.57. The van der Waals surface area contributed by atoms with Gasteiger partial charge in [0.05, 0.1) is 11.2 Å². The number of aromatic nitrogens is 4. The molecule has 5 nitrogen and oxygen atoms in total. The molecule has 0 fully saturated rings. The largest absolute Gasteiger partial charge is 0.423 e. The number of fused-ring (bicyclic) bond motifs is 1. The van der Waals surface area contributed by atoms with E-state index in [2.05, 4.69) is 15.1 Å². The molecule has 0 aliphatic rings. The molecule has 2 aromatic heterocycles. The first-order valence-corrected chi connectivity index (χ1v) is 10.5. The molecule has 9 heteroatoms. The molecule has 0 radical (unpaired) electrons. The van der Waals surface area contributed by atoms with Gasteiger partial charge in [-0.2, -0.15) is 18.3 Å². The second-order valence-electron chi connectivity index (χ2n) is 7.19. The van der Waals surface area contributed by atoms with Crippen LogP contribution in [0.4, 0.5) is 13.2 Å². The van der Waals surface area contributed by atoms with E-state index in [1.54, 1.807) is 62.4 Å². The van der Waals surface area contributed by atoms with Gasteiger partial charge in [-0.15, -0.1) is 0 Å². The van der Waals surface area contributed by atoms with Crippen molar-refractivity contribution in [2.45, 2.75) is 30.8 Å². The minimum atomic E-state index is -4.96. The first-order chi connectivity index (χ1) is 14.7. The SMILES string of the molecule is Cc1cc(C)nc(SCC(O)(c2nn(-c3ccccc3)c3ccccc23)C(F)(F)F)n1. The summed E-state index contributed by atoms with van der Waals surface area (Å²) in [4.78, 5) is 8.35. The maximum Gasteiger partial charge on any atom is 0.423 e. The van der Waals surface area contributed by atoms with Gasteiger partial charge in [0, 0.05) is 22.5 Å². The molecule has 0 spiro atoms. The third kappa shape index (κ3) is 4.03. The van der Waals surface area contributed by atoms with E-state index in [9.17, 15) is 18.3 Å². The number of benzene rings is 2. The summed E-state index contributed by atoms with van der Waals surface area (Å²) in [6, 6.07) is 17.1. The highest BCUT2D eigenvalue weighted by molar-refractivity contribution is 7.99. The van der Waals surface area contributed by atoms with Gasteiger partial charge in [-0.1, -0.05) is 48.2 Å². The predicted octanol–water partition coefficient (Wildman–Crippen LogP) is 4.97. The predicted molar refractivity (Wildman–Crippen MR) is 113 cm³/mol. The molecule has 0 aliphatic carbocycles. The van der Waals surface area contributed by atoms with E-state index in [-0.39, 0.29) is 10.5 Å². The van der Waals surface area contributed by atoms with Crippen molar-refractivity contribution in [1.82, 2.24) is 19.7 Å². The number of para-hydroxylation sites is 2. The summed E-state index contributed by atoms with van der Waals surface area (Å²) in [6.07, 6.45) is -4.96. The molecule has 0 amide bonds. The Morgan fingerprint density at radius 3 is 2.19 bits per heavy atom. The molecule has 0 aliphatic heterocycles. The fourth-order valence-corrected chi connectivity index (χ4v) is 4.40. The molecule has 31 heavy (non-hydrogen) atoms. The zero-order chi connectivity index (χ0) is 22.2. The zero-order valence-corrected chi connectivity index (χ0v) is 17.6. The molecular formula is C22H19F3N4OS. The number of hydrogen-bond acceptors (Lipinski definition) is 5. The van der Waals surface area contributed by atoms with Gasteiger partial charge in [0.25, 0.3) is 0 Å². The smallest absolute Gasteiger partial charge is 0.374 e. The van der Waals surface area contributed by atoms with Crippen LogP contribution in [0.2, 0.25) is 0 Å². The summed E-state index contributed by atoms with van der Waals surface area (Å²) >= 11 is 0.750. The van der Waals surface area contributed by atoms with Crippen molar-refractivity contribution in [3.8, 4) is 5.69 Å². The standard InChI is InChI=1S/C22H19F3N4OS/c1-14-12-15(2)27-20(26-14)31-13-21(30,22(23,24)25)19-17-10-6-7-11-18(17)29(28-19)16-8-4-3-5-9-16/h3-12,30H,13H2,1-2H3. The number of aliphatic hydroxyl groups is 1. The van der Waals surface area contributed by atoms with E-state index in [0.29, 0.717) is 22.6 Å². The van der Waals surface area contributed by atoms with Crippen molar-refractivity contribution >= 4 is 22.7 Å². The summed E-state index contributed by atoms with van der Waals surface area (Å²) < 4.78 is 44.1. The number of alkyl halides is 3. The number of thioether (sulfide) groups is 1. The lowest BCUT2D eigenvalue weighted by molar-refractivity contribution is -0.257. The van der Waals surface area contributed by atoms with Crippen molar-refractivity contribution in [2.75, 3.05) is 5.75 Å². The molecule has 4 aromatic rings. The van der Waals surface area contributed by atoms with Gasteiger partial charge < -0.3 is 5.11 Å². The van der Waals surface area contributed by atoms with Crippen LogP contribution in [-0.2, 0) is 5.60 Å². The number of halogens is 3. The Kier molecular flexibility index (Phi) is 5.49. The van der Waals surface area contributed by atoms with Crippen LogP contribution < -0.4 is 0 Å². The van der Waals surface area contributed by atoms with E-state index in [4.69, 9.17) is 0 Å². The fourth-order valence-electron chi connectivity index (χ4n) is 3.35. The van der Waals surface area contributed by atoms with E-state index < -0.39 is 23.2 Å². The van der Waals surface area contributed by atoms with Crippen LogP contribution in [0.25, 0.3) is 16.6 Å². The highest BCUT2D eigenvalue weighted by atomic mass is 32.2. The second kappa shape index (κ2) is 7.97. The van der Waals surface area contributed by atoms with Crippen LogP contribution in [0, 0.1) is 13.8 Å². The molecule has 4 rings (SSSR count). The van der Waals surface area contributed by atoms with Crippen LogP contribution in [0.5, 0.6) is 0 Å². The molecule has 0 bridgehead atoms. The molecule has 1 atom stereocenters. The number of rotatable bonds is 5. The molecule has 0 saturated carbocycles. The highest BCUT2D eigenvalue weighted by Crippen LogP contribution is 2.44. The topological polar surface area (TPSA) is 63.8 Å². The second-order valence-corrected chi connectivity index (χ2v) is 8.14. The van der Waals surface area contributed by atoms with Crippen molar-refractivity contribution < 1.29 is 18.3 Å². The number of aryl methyl sites for hydroxylation is 2. The lowest BCUT2D eigenvalue weighted by atomic mass is 9.98. The molecule has 2 heterocycles. The lowest BCUT2D eigenvalue weighted by Gasteiger charge is -2.28. The molecule has 1 N–H and O–H groups in total. The third-order valence-electron chi connectivity index (χ3n) is 4.82. The minimum Gasteiger partial charge on any atom is -0.374 e. The average Bonchev–Trinajstić information content (AvgIpc) is 3.11. The maximum atomic E-state index is 14.2. The van der Waals surface area contributed by atoms with Gasteiger partial charge in [0.15, 0.2) is 5.16 Å². The van der Waals surface area contributed by atoms with E-state index >= 15 is 0 Å². The van der Waals surface area contributed by atoms with Crippen molar-refractivity contribution in [1.29, 1.82) is 0 Å². The first-order valence-electron chi connectivity index (χ1n) is 9.47. The lowest BCUT2D eigenvalue weighted by Crippen LogP contribution is -2.45. The van der Waals surface area contributed by atoms with Crippen LogP contribution in [0.3, 0.4) is 0 Å². The quantitative estimate of drug-likeness (QED) is 0.348. The summed E-state index contributed by atoms with van der Waals surface area (Å²) in [5, 5.41) is 15.6. The summed E-state index contributed by atoms with van der Waals surface area (Å²) in [7, 11) is 0. The molecule has 2 aromatic carbocycles. The summed E-state index contributed by atoms with van der Waals surface area (Å²) in [5.41, 5.74) is -1.29. The Morgan fingerprint density at radius 2 is 1.55 bits per heavy atom. The Hall–Kier alpha value is -2.91. The van der Waals surface area contributed by atoms with Gasteiger partial charge in [-0.3, -0.25) is 0 Å². The van der Waals surface area contributed by atoms with Crippen LogP contribution in [0.1, 0.15) is 17.1 Å². The zero-order valence-electron chi connectivity index (χ0n) is 16.8. The van der Waals surface area contributed by atoms with E-state index in [1.807, 2.05) is 6.07 Å². The Labute approximate surface area is 181 Å². The number of nitrogens with zero attached hydrogens (tertiary/aromatic N) is 4. The molecule has 160 valence electrons. The van der Waals surface area contributed by atoms with Gasteiger partial charge in [-0.05, 0) is 38.1 Å². The maximum absolute atomic E-state index is 14.2. The van der Waals surface area contributed by atoms with Gasteiger partial charge in [-0.25, -0.2) is 14.6 Å². The minimum absolute atomic E-state index is 0.173. The Morgan fingerprint density at radius 1 is 0.935 bits per heavy atom. The monoisotopic (exact) mass is 444 g/mol. The first kappa shape index (κ1) is 21.3. The van der Waals surface area contributed by atoms with E-state index in [1.165, 1.54) is 10.7 Å².